The number of hydrogen-bond donors (Lipinski definition) is 2. The molecule has 1 aromatic rings. The van der Waals surface area contributed by atoms with E-state index in [4.69, 9.17) is 21.1 Å². The third kappa shape index (κ3) is 5.16. The average molecular weight is 262 g/mol. The van der Waals surface area contributed by atoms with Gasteiger partial charge in [-0.15, -0.1) is 0 Å². The molecule has 0 saturated heterocycles. The third-order valence-electron chi connectivity index (χ3n) is 2.01. The summed E-state index contributed by atoms with van der Waals surface area (Å²) in [5, 5.41) is 9.05. The van der Waals surface area contributed by atoms with Crippen LogP contribution in [-0.2, 0) is 9.47 Å². The first kappa shape index (κ1) is 14.0. The normalized spacial score (nSPS) is 10.5. The van der Waals surface area contributed by atoms with Gasteiger partial charge in [0.05, 0.1) is 25.1 Å². The van der Waals surface area contributed by atoms with E-state index >= 15 is 0 Å². The molecule has 0 amide bonds. The number of aromatic nitrogens is 2. The fourth-order valence-corrected chi connectivity index (χ4v) is 1.31. The predicted octanol–water partition coefficient (Wildman–Crippen LogP) is 0.888. The van der Waals surface area contributed by atoms with E-state index in [-0.39, 0.29) is 5.02 Å². The van der Waals surface area contributed by atoms with Crippen molar-refractivity contribution in [2.24, 2.45) is 0 Å². The zero-order valence-corrected chi connectivity index (χ0v) is 10.4. The van der Waals surface area contributed by atoms with Gasteiger partial charge in [-0.1, -0.05) is 11.6 Å². The Balaban J connectivity index is 2.18. The Morgan fingerprint density at radius 2 is 2.29 bits per heavy atom. The molecule has 0 bridgehead atoms. The van der Waals surface area contributed by atoms with Gasteiger partial charge in [0.15, 0.2) is 0 Å². The SMILES string of the molecule is COCCOCCCNc1cn[nH]c(=O)c1Cl. The van der Waals surface area contributed by atoms with Gasteiger partial charge in [0.1, 0.15) is 5.02 Å². The molecule has 1 rings (SSSR count). The van der Waals surface area contributed by atoms with Crippen LogP contribution >= 0.6 is 11.6 Å². The van der Waals surface area contributed by atoms with Crippen LogP contribution in [0.5, 0.6) is 0 Å². The molecule has 17 heavy (non-hydrogen) atoms. The zero-order chi connectivity index (χ0) is 12.5. The number of nitrogens with one attached hydrogen (secondary N) is 2. The van der Waals surface area contributed by atoms with Gasteiger partial charge in [-0.2, -0.15) is 5.10 Å². The van der Waals surface area contributed by atoms with Crippen LogP contribution in [-0.4, -0.2) is 43.7 Å². The van der Waals surface area contributed by atoms with Crippen LogP contribution in [0, 0.1) is 0 Å². The first-order chi connectivity index (χ1) is 8.25. The summed E-state index contributed by atoms with van der Waals surface area (Å²) in [5.74, 6) is 0. The van der Waals surface area contributed by atoms with Crippen molar-refractivity contribution in [1.82, 2.24) is 10.2 Å². The second kappa shape index (κ2) is 8.05. The molecule has 0 radical (unpaired) electrons. The lowest BCUT2D eigenvalue weighted by Gasteiger charge is -2.07. The summed E-state index contributed by atoms with van der Waals surface area (Å²) in [5.41, 5.74) is 0.139. The molecule has 0 atom stereocenters. The molecular formula is C10H16ClN3O3. The van der Waals surface area contributed by atoms with Gasteiger partial charge in [-0.05, 0) is 6.42 Å². The van der Waals surface area contributed by atoms with E-state index in [1.807, 2.05) is 0 Å². The molecule has 0 unspecified atom stereocenters. The van der Waals surface area contributed by atoms with Crippen molar-refractivity contribution < 1.29 is 9.47 Å². The number of hydrogen-bond acceptors (Lipinski definition) is 5. The quantitative estimate of drug-likeness (QED) is 0.680. The minimum Gasteiger partial charge on any atom is -0.382 e. The first-order valence-electron chi connectivity index (χ1n) is 5.29. The van der Waals surface area contributed by atoms with E-state index in [0.717, 1.165) is 6.42 Å². The summed E-state index contributed by atoms with van der Waals surface area (Å²) in [7, 11) is 1.63. The van der Waals surface area contributed by atoms with Crippen LogP contribution in [0.15, 0.2) is 11.0 Å². The molecule has 0 spiro atoms. The fourth-order valence-electron chi connectivity index (χ4n) is 1.15. The molecule has 0 aromatic carbocycles. The highest BCUT2D eigenvalue weighted by atomic mass is 35.5. The zero-order valence-electron chi connectivity index (χ0n) is 9.66. The molecule has 6 nitrogen and oxygen atoms in total. The summed E-state index contributed by atoms with van der Waals surface area (Å²) in [6, 6.07) is 0. The van der Waals surface area contributed by atoms with Crippen LogP contribution in [0.25, 0.3) is 0 Å². The monoisotopic (exact) mass is 261 g/mol. The average Bonchev–Trinajstić information content (AvgIpc) is 2.33. The molecule has 7 heteroatoms. The Hall–Kier alpha value is -1.11. The molecule has 0 fully saturated rings. The minimum atomic E-state index is -0.395. The Morgan fingerprint density at radius 3 is 3.06 bits per heavy atom. The van der Waals surface area contributed by atoms with Crippen LogP contribution < -0.4 is 10.9 Å². The summed E-state index contributed by atoms with van der Waals surface area (Å²) >= 11 is 5.78. The minimum absolute atomic E-state index is 0.125. The summed E-state index contributed by atoms with van der Waals surface area (Å²) in [4.78, 5) is 11.1. The van der Waals surface area contributed by atoms with Crippen LogP contribution in [0.3, 0.4) is 0 Å². The highest BCUT2D eigenvalue weighted by molar-refractivity contribution is 6.32. The highest BCUT2D eigenvalue weighted by Crippen LogP contribution is 2.13. The Kier molecular flexibility index (Phi) is 6.61. The Bertz CT molecular complexity index is 383. The van der Waals surface area contributed by atoms with Crippen molar-refractivity contribution in [2.45, 2.75) is 6.42 Å². The van der Waals surface area contributed by atoms with Gasteiger partial charge in [-0.3, -0.25) is 4.79 Å². The summed E-state index contributed by atoms with van der Waals surface area (Å²) in [6.45, 7) is 2.48. The number of ether oxygens (including phenoxy) is 2. The number of H-pyrrole nitrogens is 1. The smallest absolute Gasteiger partial charge is 0.285 e. The van der Waals surface area contributed by atoms with E-state index in [2.05, 4.69) is 15.5 Å². The first-order valence-corrected chi connectivity index (χ1v) is 5.67. The molecule has 1 aromatic heterocycles. The Morgan fingerprint density at radius 1 is 1.47 bits per heavy atom. The van der Waals surface area contributed by atoms with Gasteiger partial charge in [-0.25, -0.2) is 5.10 Å². The number of methoxy groups -OCH3 is 1. The second-order valence-electron chi connectivity index (χ2n) is 3.31. The van der Waals surface area contributed by atoms with Crippen molar-refractivity contribution in [3.8, 4) is 0 Å². The van der Waals surface area contributed by atoms with Crippen LogP contribution in [0.2, 0.25) is 5.02 Å². The number of halogens is 1. The lowest BCUT2D eigenvalue weighted by atomic mass is 10.4. The third-order valence-corrected chi connectivity index (χ3v) is 2.38. The predicted molar refractivity (Wildman–Crippen MR) is 65.7 cm³/mol. The van der Waals surface area contributed by atoms with Crippen molar-refractivity contribution >= 4 is 17.3 Å². The van der Waals surface area contributed by atoms with Crippen LogP contribution in [0.4, 0.5) is 5.69 Å². The summed E-state index contributed by atoms with van der Waals surface area (Å²) < 4.78 is 10.1. The number of aromatic amines is 1. The molecule has 0 aliphatic heterocycles. The maximum Gasteiger partial charge on any atom is 0.285 e. The number of anilines is 1. The van der Waals surface area contributed by atoms with E-state index < -0.39 is 5.56 Å². The Labute approximate surface area is 104 Å². The van der Waals surface area contributed by atoms with Crippen LogP contribution in [0.1, 0.15) is 6.42 Å². The fraction of sp³-hybridized carbons (Fsp3) is 0.600. The van der Waals surface area contributed by atoms with Gasteiger partial charge < -0.3 is 14.8 Å². The van der Waals surface area contributed by atoms with E-state index in [0.29, 0.717) is 32.1 Å². The summed E-state index contributed by atoms with van der Waals surface area (Å²) in [6.07, 6.45) is 2.29. The van der Waals surface area contributed by atoms with E-state index in [9.17, 15) is 4.79 Å². The van der Waals surface area contributed by atoms with Gasteiger partial charge in [0.2, 0.25) is 0 Å². The maximum absolute atomic E-state index is 11.1. The molecule has 2 N–H and O–H groups in total. The van der Waals surface area contributed by atoms with Gasteiger partial charge in [0, 0.05) is 20.3 Å². The largest absolute Gasteiger partial charge is 0.382 e. The highest BCUT2D eigenvalue weighted by Gasteiger charge is 2.03. The van der Waals surface area contributed by atoms with Crippen molar-refractivity contribution in [3.63, 3.8) is 0 Å². The molecule has 0 aliphatic carbocycles. The lowest BCUT2D eigenvalue weighted by molar-refractivity contribution is 0.0705. The van der Waals surface area contributed by atoms with Crippen molar-refractivity contribution in [3.05, 3.63) is 21.6 Å². The topological polar surface area (TPSA) is 76.2 Å². The molecule has 96 valence electrons. The van der Waals surface area contributed by atoms with Gasteiger partial charge >= 0.3 is 0 Å². The molecular weight excluding hydrogens is 246 g/mol. The van der Waals surface area contributed by atoms with Crippen molar-refractivity contribution in [1.29, 1.82) is 0 Å². The van der Waals surface area contributed by atoms with E-state index in [1.54, 1.807) is 7.11 Å². The molecule has 1 heterocycles. The maximum atomic E-state index is 11.1. The number of nitrogens with zero attached hydrogens (tertiary/aromatic N) is 1. The lowest BCUT2D eigenvalue weighted by Crippen LogP contribution is -2.13. The number of rotatable bonds is 8. The molecule has 0 saturated carbocycles. The second-order valence-corrected chi connectivity index (χ2v) is 3.69. The van der Waals surface area contributed by atoms with E-state index in [1.165, 1.54) is 6.20 Å². The van der Waals surface area contributed by atoms with Crippen molar-refractivity contribution in [2.75, 3.05) is 38.8 Å². The standard InChI is InChI=1S/C10H16ClN3O3/c1-16-5-6-17-4-2-3-12-8-7-13-14-10(15)9(8)11/h7H,2-6H2,1H3,(H2,12,14,15). The van der Waals surface area contributed by atoms with Gasteiger partial charge in [0.25, 0.3) is 5.56 Å². The molecule has 0 aliphatic rings.